The Morgan fingerprint density at radius 1 is 1.53 bits per heavy atom. The molecule has 0 bridgehead atoms. The summed E-state index contributed by atoms with van der Waals surface area (Å²) >= 11 is 9.18. The first-order valence-electron chi connectivity index (χ1n) is 5.07. The number of ether oxygens (including phenoxy) is 1. The zero-order chi connectivity index (χ0) is 12.4. The van der Waals surface area contributed by atoms with Gasteiger partial charge in [-0.3, -0.25) is 4.79 Å². The molecule has 17 heavy (non-hydrogen) atoms. The molecule has 0 fully saturated rings. The van der Waals surface area contributed by atoms with Crippen LogP contribution in [0.15, 0.2) is 21.4 Å². The first kappa shape index (κ1) is 12.4. The lowest BCUT2D eigenvalue weighted by molar-refractivity contribution is 0.344. The van der Waals surface area contributed by atoms with E-state index < -0.39 is 0 Å². The highest BCUT2D eigenvalue weighted by molar-refractivity contribution is 9.10. The van der Waals surface area contributed by atoms with Crippen LogP contribution < -0.4 is 10.3 Å². The Bertz CT molecular complexity index is 612. The molecule has 2 aromatic rings. The van der Waals surface area contributed by atoms with Crippen LogP contribution in [0.1, 0.15) is 12.6 Å². The minimum atomic E-state index is -0.273. The number of benzene rings is 1. The van der Waals surface area contributed by atoms with Gasteiger partial charge >= 0.3 is 0 Å². The van der Waals surface area contributed by atoms with Crippen molar-refractivity contribution < 1.29 is 4.74 Å². The molecule has 1 aromatic carbocycles. The number of aromatic amines is 1. The van der Waals surface area contributed by atoms with Crippen molar-refractivity contribution in [1.82, 2.24) is 10.2 Å². The number of H-pyrrole nitrogens is 1. The average Bonchev–Trinajstić information content (AvgIpc) is 2.29. The summed E-state index contributed by atoms with van der Waals surface area (Å²) < 4.78 is 6.29. The first-order valence-corrected chi connectivity index (χ1v) is 6.39. The third kappa shape index (κ3) is 2.30. The zero-order valence-corrected chi connectivity index (χ0v) is 11.4. The number of aromatic nitrogens is 2. The first-order chi connectivity index (χ1) is 8.17. The molecule has 0 aliphatic heterocycles. The summed E-state index contributed by atoms with van der Waals surface area (Å²) in [5.74, 6) is 0.766. The second-order valence-electron chi connectivity index (χ2n) is 3.39. The molecule has 90 valence electrons. The Kier molecular flexibility index (Phi) is 3.69. The van der Waals surface area contributed by atoms with E-state index in [2.05, 4.69) is 26.1 Å². The SMILES string of the molecule is CCOc1cc(Br)cc2c(CCl)n[nH]c(=O)c12. The summed E-state index contributed by atoms with van der Waals surface area (Å²) in [7, 11) is 0. The Morgan fingerprint density at radius 3 is 2.94 bits per heavy atom. The lowest BCUT2D eigenvalue weighted by atomic mass is 10.1. The number of nitrogens with zero attached hydrogens (tertiary/aromatic N) is 1. The molecule has 1 N–H and O–H groups in total. The fourth-order valence-electron chi connectivity index (χ4n) is 1.65. The number of hydrogen-bond acceptors (Lipinski definition) is 3. The van der Waals surface area contributed by atoms with Gasteiger partial charge in [0.15, 0.2) is 0 Å². The van der Waals surface area contributed by atoms with E-state index in [0.29, 0.717) is 28.8 Å². The lowest BCUT2D eigenvalue weighted by Gasteiger charge is -2.09. The van der Waals surface area contributed by atoms with Crippen LogP contribution in [0.3, 0.4) is 0 Å². The highest BCUT2D eigenvalue weighted by atomic mass is 79.9. The Morgan fingerprint density at radius 2 is 2.29 bits per heavy atom. The summed E-state index contributed by atoms with van der Waals surface area (Å²) in [5.41, 5.74) is 0.355. The molecule has 1 heterocycles. The van der Waals surface area contributed by atoms with Crippen LogP contribution in [-0.2, 0) is 5.88 Å². The number of hydrogen-bond donors (Lipinski definition) is 1. The van der Waals surface area contributed by atoms with Gasteiger partial charge in [0.05, 0.1) is 23.6 Å². The zero-order valence-electron chi connectivity index (χ0n) is 9.09. The maximum Gasteiger partial charge on any atom is 0.275 e. The lowest BCUT2D eigenvalue weighted by Crippen LogP contribution is -2.12. The fraction of sp³-hybridized carbons (Fsp3) is 0.273. The largest absolute Gasteiger partial charge is 0.493 e. The smallest absolute Gasteiger partial charge is 0.275 e. The number of nitrogens with one attached hydrogen (secondary N) is 1. The number of alkyl halides is 1. The minimum absolute atomic E-state index is 0.231. The van der Waals surface area contributed by atoms with Crippen molar-refractivity contribution in [3.05, 3.63) is 32.7 Å². The van der Waals surface area contributed by atoms with Gasteiger partial charge in [-0.2, -0.15) is 5.10 Å². The quantitative estimate of drug-likeness (QED) is 0.886. The second kappa shape index (κ2) is 5.06. The van der Waals surface area contributed by atoms with Gasteiger partial charge < -0.3 is 4.74 Å². The van der Waals surface area contributed by atoms with E-state index in [-0.39, 0.29) is 11.4 Å². The number of fused-ring (bicyclic) bond motifs is 1. The Labute approximate surface area is 111 Å². The fourth-order valence-corrected chi connectivity index (χ4v) is 2.29. The van der Waals surface area contributed by atoms with Crippen LogP contribution in [0.25, 0.3) is 10.8 Å². The third-order valence-electron chi connectivity index (χ3n) is 2.32. The third-order valence-corrected chi connectivity index (χ3v) is 3.03. The van der Waals surface area contributed by atoms with E-state index in [1.165, 1.54) is 0 Å². The molecular formula is C11H10BrClN2O2. The molecule has 0 saturated carbocycles. The van der Waals surface area contributed by atoms with Gasteiger partial charge in [0.25, 0.3) is 5.56 Å². The van der Waals surface area contributed by atoms with Gasteiger partial charge in [-0.1, -0.05) is 15.9 Å². The van der Waals surface area contributed by atoms with E-state index >= 15 is 0 Å². The summed E-state index contributed by atoms with van der Waals surface area (Å²) in [6, 6.07) is 3.58. The predicted molar refractivity (Wildman–Crippen MR) is 70.8 cm³/mol. The average molecular weight is 318 g/mol. The van der Waals surface area contributed by atoms with Crippen molar-refractivity contribution in [2.24, 2.45) is 0 Å². The number of halogens is 2. The van der Waals surface area contributed by atoms with Gasteiger partial charge in [-0.15, -0.1) is 11.6 Å². The van der Waals surface area contributed by atoms with Gasteiger partial charge in [0.1, 0.15) is 5.75 Å². The van der Waals surface area contributed by atoms with Gasteiger partial charge in [-0.05, 0) is 19.1 Å². The van der Waals surface area contributed by atoms with Crippen molar-refractivity contribution in [2.45, 2.75) is 12.8 Å². The molecule has 6 heteroatoms. The Balaban J connectivity index is 2.86. The van der Waals surface area contributed by atoms with E-state index in [1.807, 2.05) is 13.0 Å². The monoisotopic (exact) mass is 316 g/mol. The van der Waals surface area contributed by atoms with Crippen molar-refractivity contribution in [1.29, 1.82) is 0 Å². The molecule has 0 radical (unpaired) electrons. The molecule has 0 aliphatic carbocycles. The topological polar surface area (TPSA) is 55.0 Å². The molecule has 0 atom stereocenters. The van der Waals surface area contributed by atoms with Crippen LogP contribution in [0.4, 0.5) is 0 Å². The molecule has 2 rings (SSSR count). The van der Waals surface area contributed by atoms with Crippen molar-refractivity contribution in [3.63, 3.8) is 0 Å². The van der Waals surface area contributed by atoms with Crippen molar-refractivity contribution in [2.75, 3.05) is 6.61 Å². The maximum absolute atomic E-state index is 11.8. The van der Waals surface area contributed by atoms with Crippen molar-refractivity contribution >= 4 is 38.3 Å². The summed E-state index contributed by atoms with van der Waals surface area (Å²) in [5, 5.41) is 7.54. The van der Waals surface area contributed by atoms with E-state index in [0.717, 1.165) is 4.47 Å². The van der Waals surface area contributed by atoms with Crippen LogP contribution >= 0.6 is 27.5 Å². The standard InChI is InChI=1S/C11H10BrClN2O2/c1-2-17-9-4-6(12)3-7-8(5-13)14-15-11(16)10(7)9/h3-4H,2,5H2,1H3,(H,15,16). The molecule has 4 nitrogen and oxygen atoms in total. The molecule has 0 amide bonds. The summed E-state index contributed by atoms with van der Waals surface area (Å²) in [4.78, 5) is 11.8. The normalized spacial score (nSPS) is 10.8. The molecule has 0 spiro atoms. The predicted octanol–water partition coefficient (Wildman–Crippen LogP) is 2.82. The molecule has 1 aromatic heterocycles. The van der Waals surface area contributed by atoms with Gasteiger partial charge in [-0.25, -0.2) is 5.10 Å². The second-order valence-corrected chi connectivity index (χ2v) is 4.58. The van der Waals surface area contributed by atoms with E-state index in [1.54, 1.807) is 6.07 Å². The minimum Gasteiger partial charge on any atom is -0.493 e. The van der Waals surface area contributed by atoms with Crippen LogP contribution in [0.2, 0.25) is 0 Å². The molecule has 0 saturated heterocycles. The van der Waals surface area contributed by atoms with Gasteiger partial charge in [0, 0.05) is 9.86 Å². The van der Waals surface area contributed by atoms with Gasteiger partial charge in [0.2, 0.25) is 0 Å². The van der Waals surface area contributed by atoms with Crippen LogP contribution in [-0.4, -0.2) is 16.8 Å². The summed E-state index contributed by atoms with van der Waals surface area (Å²) in [6.45, 7) is 2.36. The van der Waals surface area contributed by atoms with E-state index in [4.69, 9.17) is 16.3 Å². The Hall–Kier alpha value is -1.07. The van der Waals surface area contributed by atoms with Crippen molar-refractivity contribution in [3.8, 4) is 5.75 Å². The summed E-state index contributed by atoms with van der Waals surface area (Å²) in [6.07, 6.45) is 0. The highest BCUT2D eigenvalue weighted by Crippen LogP contribution is 2.29. The molecule has 0 unspecified atom stereocenters. The van der Waals surface area contributed by atoms with Crippen LogP contribution in [0, 0.1) is 0 Å². The van der Waals surface area contributed by atoms with E-state index in [9.17, 15) is 4.79 Å². The molecule has 0 aliphatic rings. The highest BCUT2D eigenvalue weighted by Gasteiger charge is 2.12. The maximum atomic E-state index is 11.8. The van der Waals surface area contributed by atoms with Crippen LogP contribution in [0.5, 0.6) is 5.75 Å². The number of rotatable bonds is 3. The molecular weight excluding hydrogens is 307 g/mol.